The van der Waals surface area contributed by atoms with Crippen molar-refractivity contribution in [2.24, 2.45) is 0 Å². The van der Waals surface area contributed by atoms with E-state index in [-0.39, 0.29) is 34.7 Å². The van der Waals surface area contributed by atoms with Gasteiger partial charge in [-0.05, 0) is 102 Å². The summed E-state index contributed by atoms with van der Waals surface area (Å²) < 4.78 is 91.3. The van der Waals surface area contributed by atoms with Gasteiger partial charge in [-0.1, -0.05) is 48.6 Å². The van der Waals surface area contributed by atoms with Crippen LogP contribution in [0.4, 0.5) is 35.9 Å². The summed E-state index contributed by atoms with van der Waals surface area (Å²) in [6.45, 7) is 12.2. The van der Waals surface area contributed by atoms with Crippen LogP contribution in [-0.4, -0.2) is 62.2 Å². The number of cyclic esters (lactones) is 2. The third-order valence-corrected chi connectivity index (χ3v) is 12.5. The van der Waals surface area contributed by atoms with Crippen molar-refractivity contribution in [1.29, 1.82) is 0 Å². The Bertz CT molecular complexity index is 2780. The maximum atomic E-state index is 14.1. The Balaban J connectivity index is 0.000000192. The number of halogens is 7. The molecular weight excluding hydrogens is 981 g/mol. The van der Waals surface area contributed by atoms with Crippen molar-refractivity contribution in [1.82, 2.24) is 19.8 Å². The fourth-order valence-electron chi connectivity index (χ4n) is 8.15. The van der Waals surface area contributed by atoms with Crippen LogP contribution in [0.2, 0.25) is 0 Å². The van der Waals surface area contributed by atoms with Crippen LogP contribution < -0.4 is 5.46 Å². The van der Waals surface area contributed by atoms with Gasteiger partial charge in [0.05, 0.1) is 23.5 Å². The molecule has 4 atom stereocenters. The molecule has 4 heterocycles. The fraction of sp³-hybridized carbons (Fsp3) is 0.231. The number of benzene rings is 4. The molecule has 4 unspecified atom stereocenters. The van der Waals surface area contributed by atoms with Gasteiger partial charge in [-0.2, -0.15) is 0 Å². The molecule has 2 fully saturated rings. The fourth-order valence-corrected chi connectivity index (χ4v) is 8.38. The maximum Gasteiger partial charge on any atom is 0.491 e. The minimum Gasteiger partial charge on any atom is -0.437 e. The third-order valence-electron chi connectivity index (χ3n) is 12.0. The molecule has 70 heavy (non-hydrogen) atoms. The number of carbonyl (C=O) groups is 2. The number of pyridine rings is 2. The number of amides is 2. The molecule has 2 aliphatic rings. The minimum atomic E-state index is -1.89. The van der Waals surface area contributed by atoms with Gasteiger partial charge < -0.3 is 19.5 Å². The molecule has 0 aliphatic carbocycles. The number of hydrogen-bond acceptors (Lipinski definition) is 8. The van der Waals surface area contributed by atoms with Gasteiger partial charge in [-0.25, -0.2) is 35.9 Å². The molecule has 2 N–H and O–H groups in total. The second-order valence-electron chi connectivity index (χ2n) is 16.5. The van der Waals surface area contributed by atoms with E-state index in [0.29, 0.717) is 61.7 Å². The first-order valence-electron chi connectivity index (χ1n) is 22.0. The van der Waals surface area contributed by atoms with Crippen molar-refractivity contribution >= 4 is 40.7 Å². The zero-order valence-electron chi connectivity index (χ0n) is 38.1. The molecule has 0 bridgehead atoms. The lowest BCUT2D eigenvalue weighted by atomic mass is 9.80. The number of ether oxygens (including phenoxy) is 2. The van der Waals surface area contributed by atoms with Gasteiger partial charge in [0, 0.05) is 84.4 Å². The lowest BCUT2D eigenvalue weighted by Crippen LogP contribution is -2.48. The summed E-state index contributed by atoms with van der Waals surface area (Å²) in [5, 5.41) is 17.0. The average Bonchev–Trinajstić information content (AvgIpc) is 3.32. The van der Waals surface area contributed by atoms with Crippen LogP contribution >= 0.6 is 15.9 Å². The highest BCUT2D eigenvalue weighted by atomic mass is 79.9. The Labute approximate surface area is 410 Å². The molecule has 2 aromatic heterocycles. The first kappa shape index (κ1) is 52.6. The second kappa shape index (κ2) is 23.2. The van der Waals surface area contributed by atoms with E-state index in [2.05, 4.69) is 39.1 Å². The first-order chi connectivity index (χ1) is 33.4. The lowest BCUT2D eigenvalue weighted by molar-refractivity contribution is -0.0598. The smallest absolute Gasteiger partial charge is 0.437 e. The molecule has 10 nitrogen and oxygen atoms in total. The molecule has 2 amide bonds. The predicted molar refractivity (Wildman–Crippen MR) is 256 cm³/mol. The van der Waals surface area contributed by atoms with E-state index in [9.17, 15) is 35.9 Å². The quantitative estimate of drug-likeness (QED) is 0.0705. The molecule has 0 radical (unpaired) electrons. The van der Waals surface area contributed by atoms with E-state index in [1.807, 2.05) is 26.0 Å². The van der Waals surface area contributed by atoms with E-state index in [1.165, 1.54) is 42.6 Å². The average molecular weight is 1030 g/mol. The second-order valence-corrected chi connectivity index (χ2v) is 17.4. The van der Waals surface area contributed by atoms with Crippen molar-refractivity contribution in [3.8, 4) is 11.1 Å². The van der Waals surface area contributed by atoms with Crippen LogP contribution in [0, 0.1) is 34.9 Å². The number of aromatic nitrogens is 2. The van der Waals surface area contributed by atoms with E-state index in [4.69, 9.17) is 19.5 Å². The molecule has 18 heteroatoms. The summed E-state index contributed by atoms with van der Waals surface area (Å²) in [6.07, 6.45) is 7.69. The summed E-state index contributed by atoms with van der Waals surface area (Å²) >= 11 is 3.36. The summed E-state index contributed by atoms with van der Waals surface area (Å²) in [6, 6.07) is 24.5. The van der Waals surface area contributed by atoms with Crippen LogP contribution in [0.3, 0.4) is 0 Å². The monoisotopic (exact) mass is 1030 g/mol. The summed E-state index contributed by atoms with van der Waals surface area (Å²) in [5.74, 6) is -3.70. The first-order valence-corrected chi connectivity index (χ1v) is 22.8. The molecule has 2 aliphatic heterocycles. The van der Waals surface area contributed by atoms with Crippen molar-refractivity contribution in [3.63, 3.8) is 0 Å². The topological polar surface area (TPSA) is 125 Å². The Morgan fingerprint density at radius 1 is 0.643 bits per heavy atom. The van der Waals surface area contributed by atoms with Crippen LogP contribution in [0.5, 0.6) is 0 Å². The summed E-state index contributed by atoms with van der Waals surface area (Å²) in [4.78, 5) is 37.8. The SMILES string of the molecule is C=CCC1(c2ccc(F)cc2)CCN(C(C)c2ccc(-c3ccc(F)cc3F)cn2)C(=O)O1.C=CCC1(c2ccc(F)cc2)CCN(C(C)c2ccc(Br)cn2)C(=O)O1.OB(O)c1ccc(F)cc1F. The van der Waals surface area contributed by atoms with Gasteiger partial charge in [0.15, 0.2) is 0 Å². The molecule has 6 aromatic rings. The Hall–Kier alpha value is -6.76. The third kappa shape index (κ3) is 12.5. The molecule has 0 saturated carbocycles. The van der Waals surface area contributed by atoms with Crippen LogP contribution in [0.25, 0.3) is 11.1 Å². The molecule has 0 spiro atoms. The molecular formula is C52H48BBrF6N4O6. The van der Waals surface area contributed by atoms with Crippen molar-refractivity contribution < 1.29 is 55.5 Å². The van der Waals surface area contributed by atoms with Crippen LogP contribution in [0.15, 0.2) is 151 Å². The number of rotatable bonds is 12. The Morgan fingerprint density at radius 3 is 1.47 bits per heavy atom. The highest BCUT2D eigenvalue weighted by molar-refractivity contribution is 9.10. The number of hydrogen-bond donors (Lipinski definition) is 2. The van der Waals surface area contributed by atoms with E-state index in [1.54, 1.807) is 64.5 Å². The predicted octanol–water partition coefficient (Wildman–Crippen LogP) is 11.5. The Kier molecular flexibility index (Phi) is 17.5. The lowest BCUT2D eigenvalue weighted by Gasteiger charge is -2.43. The van der Waals surface area contributed by atoms with Crippen LogP contribution in [-0.2, 0) is 20.7 Å². The van der Waals surface area contributed by atoms with Gasteiger partial charge in [-0.3, -0.25) is 19.8 Å². The zero-order chi connectivity index (χ0) is 50.8. The van der Waals surface area contributed by atoms with Gasteiger partial charge in [-0.15, -0.1) is 13.2 Å². The highest BCUT2D eigenvalue weighted by Crippen LogP contribution is 2.41. The molecule has 2 saturated heterocycles. The number of nitrogens with zero attached hydrogens (tertiary/aromatic N) is 4. The minimum absolute atomic E-state index is 0.203. The standard InChI is InChI=1S/C26H23F3N2O2.C20H20BrFN2O2.C6H5BF2O2/c1-3-12-26(19-5-7-20(27)8-6-19)13-14-31(25(32)33-26)17(2)24-11-4-18(16-30-24)22-10-9-21(28)15-23(22)29;1-3-10-20(15-4-7-17(22)8-5-15)11-12-24(19(25)26-20)14(2)18-9-6-16(21)13-23-18;8-4-1-2-5(7(10)11)6(9)3-4/h3-11,15-17H,1,12-14H2,2H3;3-9,13-14H,1,10-12H2,2H3;1-3,10-11H. The van der Waals surface area contributed by atoms with E-state index >= 15 is 0 Å². The van der Waals surface area contributed by atoms with Crippen molar-refractivity contribution in [3.05, 3.63) is 209 Å². The van der Waals surface area contributed by atoms with E-state index in [0.717, 1.165) is 33.9 Å². The molecule has 364 valence electrons. The maximum absolute atomic E-state index is 14.1. The van der Waals surface area contributed by atoms with Gasteiger partial charge >= 0.3 is 19.3 Å². The normalized spacial score (nSPS) is 18.4. The van der Waals surface area contributed by atoms with Crippen molar-refractivity contribution in [2.75, 3.05) is 13.1 Å². The van der Waals surface area contributed by atoms with E-state index < -0.39 is 53.8 Å². The zero-order valence-corrected chi connectivity index (χ0v) is 39.6. The van der Waals surface area contributed by atoms with Gasteiger partial charge in [0.2, 0.25) is 0 Å². The largest absolute Gasteiger partial charge is 0.491 e. The summed E-state index contributed by atoms with van der Waals surface area (Å²) in [5.41, 5.74) is 1.61. The van der Waals surface area contributed by atoms with Gasteiger partial charge in [0.25, 0.3) is 0 Å². The van der Waals surface area contributed by atoms with Crippen molar-refractivity contribution in [2.45, 2.75) is 62.8 Å². The number of carbonyl (C=O) groups excluding carboxylic acids is 2. The molecule has 4 aromatic carbocycles. The summed E-state index contributed by atoms with van der Waals surface area (Å²) in [7, 11) is -1.89. The molecule has 8 rings (SSSR count). The van der Waals surface area contributed by atoms with Crippen LogP contribution in [0.1, 0.15) is 74.1 Å². The highest BCUT2D eigenvalue weighted by Gasteiger charge is 2.44. The van der Waals surface area contributed by atoms with Gasteiger partial charge in [0.1, 0.15) is 46.1 Å². The Morgan fingerprint density at radius 2 is 1.09 bits per heavy atom.